The topological polar surface area (TPSA) is 35.6 Å². The fourth-order valence-corrected chi connectivity index (χ4v) is 8.34. The van der Waals surface area contributed by atoms with Gasteiger partial charge in [-0.2, -0.15) is 0 Å². The molecule has 0 unspecified atom stereocenters. The second kappa shape index (κ2) is 8.61. The van der Waals surface area contributed by atoms with Crippen LogP contribution >= 0.6 is 0 Å². The van der Waals surface area contributed by atoms with Crippen LogP contribution in [-0.2, 0) is 10.8 Å². The summed E-state index contributed by atoms with van der Waals surface area (Å²) in [7, 11) is 0. The highest BCUT2D eigenvalue weighted by atomic mass is 15.1. The minimum atomic E-state index is -0.279. The third-order valence-electron chi connectivity index (χ3n) is 10.9. The number of para-hydroxylation sites is 1. The Balaban J connectivity index is 1.25. The number of nitrogens with zero attached hydrogens (tertiary/aromatic N) is 4. The Morgan fingerprint density at radius 3 is 2.22 bits per heavy atom. The zero-order chi connectivity index (χ0) is 30.9. The summed E-state index contributed by atoms with van der Waals surface area (Å²) in [5.41, 5.74) is 9.61. The van der Waals surface area contributed by atoms with Crippen LogP contribution in [0.3, 0.4) is 0 Å². The molecule has 0 radical (unpaired) electrons. The minimum Gasteiger partial charge on any atom is -0.294 e. The molecule has 1 aliphatic rings. The van der Waals surface area contributed by atoms with E-state index in [1.807, 2.05) is 18.5 Å². The molecule has 4 heteroatoms. The van der Waals surface area contributed by atoms with Crippen LogP contribution in [0.5, 0.6) is 0 Å². The highest BCUT2D eigenvalue weighted by Gasteiger charge is 2.36. The van der Waals surface area contributed by atoms with Crippen LogP contribution in [0.25, 0.3) is 66.0 Å². The van der Waals surface area contributed by atoms with Crippen molar-refractivity contribution in [3.05, 3.63) is 144 Å². The molecule has 0 saturated heterocycles. The Kier molecular flexibility index (Phi) is 4.83. The first-order valence-electron chi connectivity index (χ1n) is 16.1. The van der Waals surface area contributed by atoms with Crippen molar-refractivity contribution in [2.24, 2.45) is 0 Å². The lowest BCUT2D eigenvalue weighted by Crippen LogP contribution is -2.27. The van der Waals surface area contributed by atoms with Gasteiger partial charge >= 0.3 is 0 Å². The second-order valence-electron chi connectivity index (χ2n) is 14.0. The Morgan fingerprint density at radius 1 is 0.565 bits per heavy atom. The Hall–Kier alpha value is -5.48. The molecule has 0 bridgehead atoms. The predicted molar refractivity (Wildman–Crippen MR) is 190 cm³/mol. The Morgan fingerprint density at radius 2 is 1.35 bits per heavy atom. The molecular formula is C42H32N4. The van der Waals surface area contributed by atoms with Crippen molar-refractivity contribution in [3.63, 3.8) is 0 Å². The van der Waals surface area contributed by atoms with Crippen LogP contribution in [0, 0.1) is 0 Å². The smallest absolute Gasteiger partial charge is 0.141 e. The molecule has 0 amide bonds. The quantitative estimate of drug-likeness (QED) is 0.191. The highest BCUT2D eigenvalue weighted by Crippen LogP contribution is 2.48. The first kappa shape index (κ1) is 25.8. The molecule has 0 saturated carbocycles. The summed E-state index contributed by atoms with van der Waals surface area (Å²) in [5, 5.41) is 7.67. The van der Waals surface area contributed by atoms with E-state index in [0.29, 0.717) is 0 Å². The van der Waals surface area contributed by atoms with Gasteiger partial charge in [0.15, 0.2) is 0 Å². The third-order valence-corrected chi connectivity index (χ3v) is 10.9. The fraction of sp³-hybridized carbons (Fsp3) is 0.143. The molecule has 4 aromatic heterocycles. The lowest BCUT2D eigenvalue weighted by Gasteiger charge is -2.33. The molecule has 0 atom stereocenters. The zero-order valence-corrected chi connectivity index (χ0v) is 26.3. The largest absolute Gasteiger partial charge is 0.294 e. The lowest BCUT2D eigenvalue weighted by atomic mass is 9.76. The normalized spacial score (nSPS) is 14.3. The molecule has 0 spiro atoms. The van der Waals surface area contributed by atoms with Crippen molar-refractivity contribution in [3.8, 4) is 11.6 Å². The van der Waals surface area contributed by atoms with E-state index in [1.54, 1.807) is 0 Å². The van der Waals surface area contributed by atoms with E-state index in [2.05, 4.69) is 140 Å². The van der Waals surface area contributed by atoms with Gasteiger partial charge in [-0.1, -0.05) is 100 Å². The third kappa shape index (κ3) is 3.13. The second-order valence-corrected chi connectivity index (χ2v) is 14.0. The van der Waals surface area contributed by atoms with E-state index in [0.717, 1.165) is 11.6 Å². The number of hydrogen-bond donors (Lipinski definition) is 0. The summed E-state index contributed by atoms with van der Waals surface area (Å²) in [6, 6.07) is 40.2. The number of hydrogen-bond acceptors (Lipinski definition) is 2. The number of benzene rings is 5. The van der Waals surface area contributed by atoms with Crippen molar-refractivity contribution >= 4 is 54.4 Å². The summed E-state index contributed by atoms with van der Waals surface area (Å²) in [5.74, 6) is 1.97. The van der Waals surface area contributed by atoms with Gasteiger partial charge in [-0.25, -0.2) is 9.97 Å². The Labute approximate surface area is 266 Å². The number of pyridine rings is 2. The molecule has 5 heterocycles. The summed E-state index contributed by atoms with van der Waals surface area (Å²) >= 11 is 0. The highest BCUT2D eigenvalue weighted by molar-refractivity contribution is 6.24. The lowest BCUT2D eigenvalue weighted by molar-refractivity contribution is 0.624. The van der Waals surface area contributed by atoms with Crippen molar-refractivity contribution in [1.29, 1.82) is 0 Å². The van der Waals surface area contributed by atoms with Crippen LogP contribution in [0.4, 0.5) is 0 Å². The molecule has 4 nitrogen and oxygen atoms in total. The molecule has 46 heavy (non-hydrogen) atoms. The van der Waals surface area contributed by atoms with E-state index >= 15 is 0 Å². The maximum absolute atomic E-state index is 4.98. The summed E-state index contributed by atoms with van der Waals surface area (Å²) < 4.78 is 4.75. The predicted octanol–water partition coefficient (Wildman–Crippen LogP) is 10.2. The van der Waals surface area contributed by atoms with Gasteiger partial charge in [-0.05, 0) is 63.9 Å². The molecule has 0 N–H and O–H groups in total. The average molecular weight is 593 g/mol. The first-order valence-corrected chi connectivity index (χ1v) is 16.1. The molecule has 220 valence electrons. The van der Waals surface area contributed by atoms with E-state index in [-0.39, 0.29) is 10.8 Å². The van der Waals surface area contributed by atoms with E-state index in [9.17, 15) is 0 Å². The monoisotopic (exact) mass is 592 g/mol. The van der Waals surface area contributed by atoms with Gasteiger partial charge in [0.25, 0.3) is 0 Å². The average Bonchev–Trinajstić information content (AvgIpc) is 3.60. The Bertz CT molecular complexity index is 2690. The van der Waals surface area contributed by atoms with Crippen LogP contribution in [0.15, 0.2) is 122 Å². The molecule has 10 rings (SSSR count). The van der Waals surface area contributed by atoms with E-state index in [4.69, 9.17) is 9.97 Å². The first-order chi connectivity index (χ1) is 22.3. The summed E-state index contributed by atoms with van der Waals surface area (Å²) in [6.45, 7) is 9.35. The molecular weight excluding hydrogens is 560 g/mol. The van der Waals surface area contributed by atoms with Crippen molar-refractivity contribution < 1.29 is 0 Å². The van der Waals surface area contributed by atoms with Gasteiger partial charge in [0.05, 0.1) is 22.1 Å². The van der Waals surface area contributed by atoms with Gasteiger partial charge in [0.1, 0.15) is 11.6 Å². The maximum Gasteiger partial charge on any atom is 0.141 e. The van der Waals surface area contributed by atoms with E-state index < -0.39 is 0 Å². The maximum atomic E-state index is 4.98. The van der Waals surface area contributed by atoms with Crippen LogP contribution in [0.2, 0.25) is 0 Å². The standard InChI is InChI=1S/C42H32N4/c1-41(2,28-22-26-17-16-25-10-7-14-33-37(25)38(26)35(24-28)45(33)36-15-5-6-20-43-36)27-18-19-29-30-11-8-12-31-39(30)46(34(29)23-27)40-32(42(31,3)4)13-9-21-44-40/h5-24H,1-4H3. The molecule has 9 aromatic rings. The molecule has 1 aliphatic heterocycles. The van der Waals surface area contributed by atoms with Crippen LogP contribution in [-0.4, -0.2) is 19.1 Å². The molecule has 0 fully saturated rings. The van der Waals surface area contributed by atoms with Crippen molar-refractivity contribution in [1.82, 2.24) is 19.1 Å². The van der Waals surface area contributed by atoms with Crippen molar-refractivity contribution in [2.75, 3.05) is 0 Å². The molecule has 5 aromatic carbocycles. The van der Waals surface area contributed by atoms with Gasteiger partial charge in [-0.3, -0.25) is 9.13 Å². The number of aromatic nitrogens is 4. The van der Waals surface area contributed by atoms with Crippen LogP contribution < -0.4 is 0 Å². The van der Waals surface area contributed by atoms with Gasteiger partial charge in [-0.15, -0.1) is 0 Å². The van der Waals surface area contributed by atoms with Crippen LogP contribution in [0.1, 0.15) is 49.9 Å². The number of fused-ring (bicyclic) bond motifs is 5. The fourth-order valence-electron chi connectivity index (χ4n) is 8.34. The van der Waals surface area contributed by atoms with Gasteiger partial charge in [0.2, 0.25) is 0 Å². The van der Waals surface area contributed by atoms with Gasteiger partial charge < -0.3 is 0 Å². The molecule has 0 aliphatic carbocycles. The van der Waals surface area contributed by atoms with E-state index in [1.165, 1.54) is 76.6 Å². The van der Waals surface area contributed by atoms with Crippen molar-refractivity contribution in [2.45, 2.75) is 38.5 Å². The summed E-state index contributed by atoms with van der Waals surface area (Å²) in [6.07, 6.45) is 3.81. The number of rotatable bonds is 3. The summed E-state index contributed by atoms with van der Waals surface area (Å²) in [4.78, 5) is 9.78. The zero-order valence-electron chi connectivity index (χ0n) is 26.3. The van der Waals surface area contributed by atoms with Gasteiger partial charge in [0, 0.05) is 50.3 Å². The SMILES string of the molecule is CC(C)(c1cc2ccc3cccc4c3c2c(c1)n4-c1ccccn1)c1ccc2c3cccc4c3n(c2c1)-c1ncccc1C4(C)C. The minimum absolute atomic E-state index is 0.133.